The van der Waals surface area contributed by atoms with Crippen molar-refractivity contribution in [2.45, 2.75) is 25.5 Å². The zero-order chi connectivity index (χ0) is 23.3. The van der Waals surface area contributed by atoms with Gasteiger partial charge in [-0.15, -0.1) is 0 Å². The molecule has 170 valence electrons. The molecule has 0 fully saturated rings. The highest BCUT2D eigenvalue weighted by Crippen LogP contribution is 2.52. The van der Waals surface area contributed by atoms with E-state index in [0.717, 1.165) is 22.2 Å². The van der Waals surface area contributed by atoms with Crippen LogP contribution in [0, 0.1) is 5.92 Å². The summed E-state index contributed by atoms with van der Waals surface area (Å²) in [5.74, 6) is -0.578. The van der Waals surface area contributed by atoms with Gasteiger partial charge in [-0.05, 0) is 24.1 Å². The zero-order valence-electron chi connectivity index (χ0n) is 18.5. The van der Waals surface area contributed by atoms with Gasteiger partial charge >= 0.3 is 0 Å². The van der Waals surface area contributed by atoms with E-state index in [9.17, 15) is 9.59 Å². The first-order valence-electron chi connectivity index (χ1n) is 10.6. The molecule has 8 heteroatoms. The highest BCUT2D eigenvalue weighted by atomic mass is 35.5. The Bertz CT molecular complexity index is 1330. The third-order valence-electron chi connectivity index (χ3n) is 6.50. The molecule has 2 N–H and O–H groups in total. The van der Waals surface area contributed by atoms with Gasteiger partial charge in [-0.25, -0.2) is 0 Å². The Balaban J connectivity index is 1.45. The van der Waals surface area contributed by atoms with Crippen LogP contribution in [0.1, 0.15) is 29.3 Å². The molecule has 3 aromatic rings. The minimum atomic E-state index is -1.67. The zero-order valence-corrected chi connectivity index (χ0v) is 19.2. The summed E-state index contributed by atoms with van der Waals surface area (Å²) in [5.41, 5.74) is 1.43. The van der Waals surface area contributed by atoms with Crippen LogP contribution >= 0.6 is 11.6 Å². The first kappa shape index (κ1) is 21.4. The van der Waals surface area contributed by atoms with Crippen LogP contribution in [0.2, 0.25) is 5.02 Å². The SMILES string of the molecule is COc1cc(OC)c2c(c1Cl)O[C@@]1(C(=O)C=C(NCc3cccc4[nH]ccc34)C[C@H]1C)C2=O. The molecule has 1 spiro atoms. The number of aromatic amines is 1. The number of H-pyrrole nitrogens is 1. The van der Waals surface area contributed by atoms with Crippen molar-refractivity contribution >= 4 is 34.1 Å². The van der Waals surface area contributed by atoms with Crippen molar-refractivity contribution in [3.63, 3.8) is 0 Å². The lowest BCUT2D eigenvalue weighted by molar-refractivity contribution is -0.129. The molecule has 1 aromatic heterocycles. The van der Waals surface area contributed by atoms with E-state index in [0.29, 0.717) is 18.7 Å². The average Bonchev–Trinajstić information content (AvgIpc) is 3.41. The molecule has 2 aliphatic rings. The van der Waals surface area contributed by atoms with E-state index in [-0.39, 0.29) is 22.1 Å². The lowest BCUT2D eigenvalue weighted by Gasteiger charge is -2.35. The first-order chi connectivity index (χ1) is 15.9. The number of hydrogen-bond acceptors (Lipinski definition) is 6. The lowest BCUT2D eigenvalue weighted by Crippen LogP contribution is -2.55. The number of benzene rings is 2. The maximum absolute atomic E-state index is 13.6. The van der Waals surface area contributed by atoms with Crippen LogP contribution in [0.5, 0.6) is 17.2 Å². The molecule has 2 aromatic carbocycles. The largest absolute Gasteiger partial charge is 0.496 e. The predicted molar refractivity (Wildman–Crippen MR) is 124 cm³/mol. The van der Waals surface area contributed by atoms with Crippen molar-refractivity contribution < 1.29 is 23.8 Å². The number of halogens is 1. The number of ketones is 2. The van der Waals surface area contributed by atoms with Crippen molar-refractivity contribution in [1.82, 2.24) is 10.3 Å². The second-order valence-corrected chi connectivity index (χ2v) is 8.69. The summed E-state index contributed by atoms with van der Waals surface area (Å²) < 4.78 is 16.7. The number of carbonyl (C=O) groups excluding carboxylic acids is 2. The third kappa shape index (κ3) is 3.10. The molecular formula is C25H23ClN2O5. The number of allylic oxidation sites excluding steroid dienone is 1. The van der Waals surface area contributed by atoms with Crippen LogP contribution in [0.4, 0.5) is 0 Å². The highest BCUT2D eigenvalue weighted by molar-refractivity contribution is 6.36. The number of aromatic nitrogens is 1. The Morgan fingerprint density at radius 3 is 2.73 bits per heavy atom. The van der Waals surface area contributed by atoms with Gasteiger partial charge in [0.15, 0.2) is 5.75 Å². The Hall–Kier alpha value is -3.45. The normalized spacial score (nSPS) is 21.7. The number of fused-ring (bicyclic) bond motifs is 2. The number of nitrogens with one attached hydrogen (secondary N) is 2. The number of hydrogen-bond donors (Lipinski definition) is 2. The summed E-state index contributed by atoms with van der Waals surface area (Å²) in [5, 5.41) is 4.63. The fourth-order valence-corrected chi connectivity index (χ4v) is 5.03. The van der Waals surface area contributed by atoms with Gasteiger partial charge in [-0.2, -0.15) is 0 Å². The summed E-state index contributed by atoms with van der Waals surface area (Å²) in [6.45, 7) is 2.39. The fourth-order valence-electron chi connectivity index (χ4n) is 4.77. The van der Waals surface area contributed by atoms with Crippen LogP contribution < -0.4 is 19.5 Å². The minimum absolute atomic E-state index is 0.127. The van der Waals surface area contributed by atoms with Crippen molar-refractivity contribution in [2.75, 3.05) is 14.2 Å². The molecule has 1 aliphatic heterocycles. The van der Waals surface area contributed by atoms with Crippen molar-refractivity contribution in [3.05, 3.63) is 64.5 Å². The summed E-state index contributed by atoms with van der Waals surface area (Å²) in [7, 11) is 2.91. The number of rotatable bonds is 5. The van der Waals surface area contributed by atoms with E-state index in [4.69, 9.17) is 25.8 Å². The van der Waals surface area contributed by atoms with Crippen molar-refractivity contribution in [1.29, 1.82) is 0 Å². The number of Topliss-reactive ketones (excluding diaryl/α,β-unsaturated/α-hetero) is 1. The molecule has 2 atom stereocenters. The van der Waals surface area contributed by atoms with E-state index in [1.807, 2.05) is 37.4 Å². The Labute approximate surface area is 195 Å². The monoisotopic (exact) mass is 466 g/mol. The van der Waals surface area contributed by atoms with Crippen LogP contribution in [-0.2, 0) is 11.3 Å². The molecule has 0 saturated carbocycles. The van der Waals surface area contributed by atoms with Gasteiger partial charge < -0.3 is 24.5 Å². The van der Waals surface area contributed by atoms with Gasteiger partial charge in [-0.1, -0.05) is 30.7 Å². The van der Waals surface area contributed by atoms with Crippen LogP contribution in [-0.4, -0.2) is 36.4 Å². The van der Waals surface area contributed by atoms with E-state index in [1.54, 1.807) is 0 Å². The van der Waals surface area contributed by atoms with E-state index in [2.05, 4.69) is 10.3 Å². The van der Waals surface area contributed by atoms with Crippen LogP contribution in [0.3, 0.4) is 0 Å². The molecule has 1 aliphatic carbocycles. The lowest BCUT2D eigenvalue weighted by atomic mass is 9.74. The number of methoxy groups -OCH3 is 2. The number of carbonyl (C=O) groups is 2. The second-order valence-electron chi connectivity index (χ2n) is 8.31. The first-order valence-corrected chi connectivity index (χ1v) is 11.0. The fraction of sp³-hybridized carbons (Fsp3) is 0.280. The van der Waals surface area contributed by atoms with Crippen LogP contribution in [0.25, 0.3) is 10.9 Å². The Morgan fingerprint density at radius 1 is 1.21 bits per heavy atom. The quantitative estimate of drug-likeness (QED) is 0.540. The summed E-state index contributed by atoms with van der Waals surface area (Å²) >= 11 is 6.43. The van der Waals surface area contributed by atoms with E-state index >= 15 is 0 Å². The topological polar surface area (TPSA) is 89.7 Å². The van der Waals surface area contributed by atoms with Gasteiger partial charge in [0, 0.05) is 47.4 Å². The summed E-state index contributed by atoms with van der Waals surface area (Å²) in [6, 6.07) is 9.60. The number of ether oxygens (including phenoxy) is 3. The van der Waals surface area contributed by atoms with E-state index < -0.39 is 23.1 Å². The molecular weight excluding hydrogens is 444 g/mol. The molecule has 0 bridgehead atoms. The molecule has 7 nitrogen and oxygen atoms in total. The minimum Gasteiger partial charge on any atom is -0.496 e. The molecule has 0 amide bonds. The smallest absolute Gasteiger partial charge is 0.236 e. The third-order valence-corrected chi connectivity index (χ3v) is 6.86. The maximum Gasteiger partial charge on any atom is 0.236 e. The summed E-state index contributed by atoms with van der Waals surface area (Å²) in [6.07, 6.45) is 3.84. The Morgan fingerprint density at radius 2 is 2.00 bits per heavy atom. The molecule has 0 saturated heterocycles. The van der Waals surface area contributed by atoms with Gasteiger partial charge in [0.25, 0.3) is 0 Å². The molecule has 2 heterocycles. The molecule has 0 unspecified atom stereocenters. The van der Waals surface area contributed by atoms with Gasteiger partial charge in [0.2, 0.25) is 17.2 Å². The van der Waals surface area contributed by atoms with E-state index in [1.165, 1.54) is 26.4 Å². The van der Waals surface area contributed by atoms with Crippen molar-refractivity contribution in [3.8, 4) is 17.2 Å². The van der Waals surface area contributed by atoms with Gasteiger partial charge in [-0.3, -0.25) is 9.59 Å². The summed E-state index contributed by atoms with van der Waals surface area (Å²) in [4.78, 5) is 30.1. The standard InChI is InChI=1S/C25H23ClN2O5/c1-13-9-15(28-12-14-5-4-6-17-16(14)7-8-27-17)10-20(29)25(13)24(30)21-18(31-2)11-19(32-3)22(26)23(21)33-25/h4-8,10-11,13,27-28H,9,12H2,1-3H3/t13-,25+/m1/s1. The molecule has 5 rings (SSSR count). The van der Waals surface area contributed by atoms with Crippen LogP contribution in [0.15, 0.2) is 48.3 Å². The van der Waals surface area contributed by atoms with Gasteiger partial charge in [0.05, 0.1) is 14.2 Å². The second kappa shape index (κ2) is 7.85. The predicted octanol–water partition coefficient (Wildman–Crippen LogP) is 4.44. The Kier molecular flexibility index (Phi) is 5.09. The maximum atomic E-state index is 13.6. The van der Waals surface area contributed by atoms with Gasteiger partial charge in [0.1, 0.15) is 22.1 Å². The van der Waals surface area contributed by atoms with Crippen molar-refractivity contribution in [2.24, 2.45) is 5.92 Å². The highest BCUT2D eigenvalue weighted by Gasteiger charge is 2.60. The average molecular weight is 467 g/mol. The molecule has 0 radical (unpaired) electrons. The molecule has 33 heavy (non-hydrogen) atoms.